The molecular weight excluding hydrogens is 179 g/mol. The molecule has 0 aromatic rings. The predicted molar refractivity (Wildman–Crippen MR) is 50.9 cm³/mol. The molecule has 0 N–H and O–H groups in total. The molecule has 60 valence electrons. The summed E-state index contributed by atoms with van der Waals surface area (Å²) in [6, 6.07) is 0. The molecule has 0 aromatic heterocycles. The van der Waals surface area contributed by atoms with E-state index in [1.807, 2.05) is 18.2 Å². The minimum absolute atomic E-state index is 0.770. The Bertz CT molecular complexity index is 234. The molecule has 11 heavy (non-hydrogen) atoms. The molecule has 0 atom stereocenters. The molecule has 0 aromatic carbocycles. The van der Waals surface area contributed by atoms with E-state index in [1.54, 1.807) is 0 Å². The number of allylic oxidation sites excluding steroid dienone is 6. The van der Waals surface area contributed by atoms with Gasteiger partial charge >= 0.3 is 0 Å². The third kappa shape index (κ3) is 2.11. The van der Waals surface area contributed by atoms with Crippen molar-refractivity contribution in [1.29, 1.82) is 0 Å². The zero-order chi connectivity index (χ0) is 8.27. The summed E-state index contributed by atoms with van der Waals surface area (Å²) >= 11 is 11.9. The molecule has 0 spiro atoms. The second-order valence-electron chi connectivity index (χ2n) is 2.38. The SMILES string of the molecule is CCC1=C(Cl)CC=CC=C1Cl. The molecule has 2 heteroatoms. The first-order chi connectivity index (χ1) is 5.25. The molecule has 1 aliphatic rings. The summed E-state index contributed by atoms with van der Waals surface area (Å²) < 4.78 is 0. The molecule has 0 nitrogen and oxygen atoms in total. The van der Waals surface area contributed by atoms with E-state index >= 15 is 0 Å². The van der Waals surface area contributed by atoms with Gasteiger partial charge in [0.05, 0.1) is 0 Å². The van der Waals surface area contributed by atoms with Crippen molar-refractivity contribution in [2.24, 2.45) is 0 Å². The lowest BCUT2D eigenvalue weighted by Gasteiger charge is -2.03. The van der Waals surface area contributed by atoms with Gasteiger partial charge in [-0.3, -0.25) is 0 Å². The average Bonchev–Trinajstić information content (AvgIpc) is 2.12. The molecule has 0 heterocycles. The van der Waals surface area contributed by atoms with E-state index in [-0.39, 0.29) is 0 Å². The third-order valence-electron chi connectivity index (χ3n) is 1.64. The van der Waals surface area contributed by atoms with Crippen LogP contribution >= 0.6 is 23.2 Å². The molecule has 0 amide bonds. The van der Waals surface area contributed by atoms with E-state index < -0.39 is 0 Å². The monoisotopic (exact) mass is 188 g/mol. The maximum Gasteiger partial charge on any atom is 0.0449 e. The highest BCUT2D eigenvalue weighted by atomic mass is 35.5. The van der Waals surface area contributed by atoms with E-state index in [4.69, 9.17) is 23.2 Å². The van der Waals surface area contributed by atoms with Crippen molar-refractivity contribution >= 4 is 23.2 Å². The zero-order valence-electron chi connectivity index (χ0n) is 6.40. The number of rotatable bonds is 1. The summed E-state index contributed by atoms with van der Waals surface area (Å²) in [4.78, 5) is 0. The van der Waals surface area contributed by atoms with Crippen molar-refractivity contribution in [2.75, 3.05) is 0 Å². The largest absolute Gasteiger partial charge is 0.0885 e. The van der Waals surface area contributed by atoms with Gasteiger partial charge in [0.2, 0.25) is 0 Å². The maximum absolute atomic E-state index is 5.99. The molecule has 0 bridgehead atoms. The van der Waals surface area contributed by atoms with Gasteiger partial charge in [-0.25, -0.2) is 0 Å². The highest BCUT2D eigenvalue weighted by Gasteiger charge is 2.06. The Hall–Kier alpha value is -0.200. The first-order valence-electron chi connectivity index (χ1n) is 3.66. The molecule has 0 radical (unpaired) electrons. The van der Waals surface area contributed by atoms with Crippen LogP contribution in [0.15, 0.2) is 33.9 Å². The summed E-state index contributed by atoms with van der Waals surface area (Å²) in [7, 11) is 0. The Labute approximate surface area is 77.2 Å². The average molecular weight is 189 g/mol. The number of halogens is 2. The fourth-order valence-corrected chi connectivity index (χ4v) is 1.73. The van der Waals surface area contributed by atoms with Gasteiger partial charge < -0.3 is 0 Å². The Morgan fingerprint density at radius 2 is 2.18 bits per heavy atom. The van der Waals surface area contributed by atoms with Crippen LogP contribution < -0.4 is 0 Å². The smallest absolute Gasteiger partial charge is 0.0449 e. The summed E-state index contributed by atoms with van der Waals surface area (Å²) in [5.74, 6) is 0. The first-order valence-corrected chi connectivity index (χ1v) is 4.41. The van der Waals surface area contributed by atoms with Crippen LogP contribution in [0.1, 0.15) is 19.8 Å². The third-order valence-corrected chi connectivity index (χ3v) is 2.38. The highest BCUT2D eigenvalue weighted by molar-refractivity contribution is 6.35. The molecule has 1 rings (SSSR count). The minimum Gasteiger partial charge on any atom is -0.0885 e. The van der Waals surface area contributed by atoms with Crippen molar-refractivity contribution in [1.82, 2.24) is 0 Å². The standard InChI is InChI=1S/C9H10Cl2/c1-2-7-8(10)5-3-4-6-9(7)11/h3-5H,2,6H2,1H3. The summed E-state index contributed by atoms with van der Waals surface area (Å²) in [5.41, 5.74) is 1.07. The van der Waals surface area contributed by atoms with Crippen LogP contribution in [0.4, 0.5) is 0 Å². The minimum atomic E-state index is 0.770. The lowest BCUT2D eigenvalue weighted by atomic mass is 10.1. The van der Waals surface area contributed by atoms with Gasteiger partial charge in [0.25, 0.3) is 0 Å². The Balaban J connectivity index is 2.99. The second kappa shape index (κ2) is 3.99. The van der Waals surface area contributed by atoms with Crippen LogP contribution in [0.2, 0.25) is 0 Å². The van der Waals surface area contributed by atoms with Gasteiger partial charge in [-0.05, 0) is 18.1 Å². The summed E-state index contributed by atoms with van der Waals surface area (Å²) in [6.45, 7) is 2.05. The van der Waals surface area contributed by atoms with Crippen LogP contribution in [0, 0.1) is 0 Å². The van der Waals surface area contributed by atoms with Gasteiger partial charge in [-0.15, -0.1) is 0 Å². The Morgan fingerprint density at radius 1 is 1.45 bits per heavy atom. The van der Waals surface area contributed by atoms with E-state index in [0.717, 1.165) is 28.5 Å². The summed E-state index contributed by atoms with van der Waals surface area (Å²) in [6.07, 6.45) is 7.53. The summed E-state index contributed by atoms with van der Waals surface area (Å²) in [5, 5.41) is 1.63. The molecule has 0 aliphatic heterocycles. The fourth-order valence-electron chi connectivity index (χ4n) is 1.04. The van der Waals surface area contributed by atoms with Gasteiger partial charge in [0, 0.05) is 16.5 Å². The Morgan fingerprint density at radius 3 is 2.82 bits per heavy atom. The van der Waals surface area contributed by atoms with Gasteiger partial charge in [-0.2, -0.15) is 0 Å². The van der Waals surface area contributed by atoms with Crippen LogP contribution in [0.3, 0.4) is 0 Å². The quantitative estimate of drug-likeness (QED) is 0.585. The van der Waals surface area contributed by atoms with Crippen LogP contribution in [-0.4, -0.2) is 0 Å². The van der Waals surface area contributed by atoms with Crippen molar-refractivity contribution in [3.8, 4) is 0 Å². The number of hydrogen-bond donors (Lipinski definition) is 0. The fraction of sp³-hybridized carbons (Fsp3) is 0.333. The van der Waals surface area contributed by atoms with Crippen molar-refractivity contribution in [3.63, 3.8) is 0 Å². The van der Waals surface area contributed by atoms with Crippen molar-refractivity contribution in [2.45, 2.75) is 19.8 Å². The van der Waals surface area contributed by atoms with Crippen LogP contribution in [0.25, 0.3) is 0 Å². The van der Waals surface area contributed by atoms with E-state index in [9.17, 15) is 0 Å². The topological polar surface area (TPSA) is 0 Å². The molecule has 1 aliphatic carbocycles. The molecular formula is C9H10Cl2. The normalized spacial score (nSPS) is 18.3. The maximum atomic E-state index is 5.99. The molecule has 0 saturated carbocycles. The van der Waals surface area contributed by atoms with E-state index in [1.165, 1.54) is 0 Å². The first kappa shape index (κ1) is 8.89. The lowest BCUT2D eigenvalue weighted by molar-refractivity contribution is 1.11. The van der Waals surface area contributed by atoms with Gasteiger partial charge in [0.1, 0.15) is 0 Å². The Kier molecular flexibility index (Phi) is 3.22. The van der Waals surface area contributed by atoms with E-state index in [2.05, 4.69) is 6.92 Å². The molecule has 0 unspecified atom stereocenters. The van der Waals surface area contributed by atoms with E-state index in [0.29, 0.717) is 0 Å². The van der Waals surface area contributed by atoms with Gasteiger partial charge in [-0.1, -0.05) is 42.3 Å². The van der Waals surface area contributed by atoms with Crippen LogP contribution in [-0.2, 0) is 0 Å². The highest BCUT2D eigenvalue weighted by Crippen LogP contribution is 2.28. The van der Waals surface area contributed by atoms with Crippen molar-refractivity contribution in [3.05, 3.63) is 33.9 Å². The predicted octanol–water partition coefficient (Wildman–Crippen LogP) is 3.97. The number of hydrogen-bond acceptors (Lipinski definition) is 0. The van der Waals surface area contributed by atoms with Gasteiger partial charge in [0.15, 0.2) is 0 Å². The molecule has 0 saturated heterocycles. The zero-order valence-corrected chi connectivity index (χ0v) is 7.91. The van der Waals surface area contributed by atoms with Crippen LogP contribution in [0.5, 0.6) is 0 Å². The lowest BCUT2D eigenvalue weighted by Crippen LogP contribution is -1.83. The molecule has 0 fully saturated rings. The second-order valence-corrected chi connectivity index (χ2v) is 3.25. The van der Waals surface area contributed by atoms with Crippen molar-refractivity contribution < 1.29 is 0 Å².